The Kier molecular flexibility index (Phi) is 4.16. The fourth-order valence-electron chi connectivity index (χ4n) is 1.50. The molecule has 5 heteroatoms. The van der Waals surface area contributed by atoms with Gasteiger partial charge in [0.1, 0.15) is 5.60 Å². The smallest absolute Gasteiger partial charge is 0.415 e. The Bertz CT molecular complexity index is 404. The van der Waals surface area contributed by atoms with Crippen LogP contribution in [0.15, 0.2) is 23.9 Å². The molecule has 1 amide bonds. The van der Waals surface area contributed by atoms with Gasteiger partial charge in [-0.1, -0.05) is 19.1 Å². The van der Waals surface area contributed by atoms with Crippen molar-refractivity contribution < 1.29 is 19.4 Å². The number of hydrogen-bond donors (Lipinski definition) is 1. The van der Waals surface area contributed by atoms with Crippen LogP contribution in [-0.2, 0) is 9.53 Å². The first-order valence-electron chi connectivity index (χ1n) is 5.87. The summed E-state index contributed by atoms with van der Waals surface area (Å²) >= 11 is 0. The molecule has 0 saturated carbocycles. The van der Waals surface area contributed by atoms with Crippen LogP contribution in [0.25, 0.3) is 0 Å². The second-order valence-electron chi connectivity index (χ2n) is 5.09. The summed E-state index contributed by atoms with van der Waals surface area (Å²) < 4.78 is 5.20. The molecule has 1 N–H and O–H groups in total. The predicted octanol–water partition coefficient (Wildman–Crippen LogP) is 2.54. The highest BCUT2D eigenvalue weighted by atomic mass is 16.6. The summed E-state index contributed by atoms with van der Waals surface area (Å²) in [5.74, 6) is -1.08. The van der Waals surface area contributed by atoms with Crippen LogP contribution in [0.5, 0.6) is 0 Å². The molecule has 1 rings (SSSR count). The Morgan fingerprint density at radius 2 is 2.06 bits per heavy atom. The largest absolute Gasteiger partial charge is 0.479 e. The van der Waals surface area contributed by atoms with Gasteiger partial charge < -0.3 is 9.84 Å². The number of carbonyl (C=O) groups is 2. The van der Waals surface area contributed by atoms with Crippen molar-refractivity contribution >= 4 is 12.1 Å². The van der Waals surface area contributed by atoms with Gasteiger partial charge in [0.2, 0.25) is 0 Å². The molecule has 0 aliphatic carbocycles. The molecule has 0 saturated heterocycles. The normalized spacial score (nSPS) is 19.4. The van der Waals surface area contributed by atoms with Crippen LogP contribution in [0.4, 0.5) is 4.79 Å². The van der Waals surface area contributed by atoms with Gasteiger partial charge in [-0.2, -0.15) is 0 Å². The quantitative estimate of drug-likeness (QED) is 0.821. The number of carboxylic acid groups (broad SMARTS) is 1. The van der Waals surface area contributed by atoms with Gasteiger partial charge in [0, 0.05) is 6.20 Å². The lowest BCUT2D eigenvalue weighted by Crippen LogP contribution is -2.44. The molecule has 5 nitrogen and oxygen atoms in total. The average molecular weight is 253 g/mol. The van der Waals surface area contributed by atoms with Crippen molar-refractivity contribution in [1.82, 2.24) is 4.90 Å². The van der Waals surface area contributed by atoms with E-state index in [9.17, 15) is 9.59 Å². The topological polar surface area (TPSA) is 66.8 Å². The summed E-state index contributed by atoms with van der Waals surface area (Å²) in [5, 5.41) is 9.08. The van der Waals surface area contributed by atoms with Crippen molar-refractivity contribution in [3.8, 4) is 0 Å². The SMILES string of the molecule is CCC1=CN(C(=O)OC(C)(C)C)C(C(=O)O)C=C1. The monoisotopic (exact) mass is 253 g/mol. The number of aliphatic carboxylic acids is 1. The highest BCUT2D eigenvalue weighted by Crippen LogP contribution is 2.19. The summed E-state index contributed by atoms with van der Waals surface area (Å²) in [6, 6.07) is -1.00. The van der Waals surface area contributed by atoms with Crippen LogP contribution in [0, 0.1) is 0 Å². The Hall–Kier alpha value is -1.78. The minimum absolute atomic E-state index is 0.648. The number of amides is 1. The lowest BCUT2D eigenvalue weighted by molar-refractivity contribution is -0.140. The maximum absolute atomic E-state index is 12.0. The van der Waals surface area contributed by atoms with Gasteiger partial charge in [-0.05, 0) is 32.8 Å². The van der Waals surface area contributed by atoms with E-state index in [0.717, 1.165) is 16.9 Å². The molecule has 1 aliphatic rings. The Labute approximate surface area is 107 Å². The molecule has 0 fully saturated rings. The summed E-state index contributed by atoms with van der Waals surface area (Å²) in [6.45, 7) is 7.16. The summed E-state index contributed by atoms with van der Waals surface area (Å²) in [4.78, 5) is 24.2. The Morgan fingerprint density at radius 1 is 1.44 bits per heavy atom. The Morgan fingerprint density at radius 3 is 2.50 bits per heavy atom. The molecule has 1 atom stereocenters. The molecular formula is C13H19NO4. The molecule has 0 bridgehead atoms. The molecule has 100 valence electrons. The van der Waals surface area contributed by atoms with Crippen molar-refractivity contribution in [2.24, 2.45) is 0 Å². The lowest BCUT2D eigenvalue weighted by atomic mass is 10.1. The van der Waals surface area contributed by atoms with Crippen molar-refractivity contribution in [2.75, 3.05) is 0 Å². The summed E-state index contributed by atoms with van der Waals surface area (Å²) in [7, 11) is 0. The third-order valence-corrected chi connectivity index (χ3v) is 2.36. The molecule has 18 heavy (non-hydrogen) atoms. The lowest BCUT2D eigenvalue weighted by Gasteiger charge is -2.30. The van der Waals surface area contributed by atoms with E-state index < -0.39 is 23.7 Å². The highest BCUT2D eigenvalue weighted by molar-refractivity contribution is 5.83. The van der Waals surface area contributed by atoms with E-state index in [2.05, 4.69) is 0 Å². The predicted molar refractivity (Wildman–Crippen MR) is 67.0 cm³/mol. The number of carbonyl (C=O) groups excluding carboxylic acids is 1. The third-order valence-electron chi connectivity index (χ3n) is 2.36. The molecular weight excluding hydrogens is 234 g/mol. The van der Waals surface area contributed by atoms with E-state index in [-0.39, 0.29) is 0 Å². The maximum atomic E-state index is 12.0. The molecule has 1 unspecified atom stereocenters. The maximum Gasteiger partial charge on any atom is 0.415 e. The first-order chi connectivity index (χ1) is 8.24. The van der Waals surface area contributed by atoms with Crippen LogP contribution >= 0.6 is 0 Å². The number of hydrogen-bond acceptors (Lipinski definition) is 3. The van der Waals surface area contributed by atoms with Gasteiger partial charge in [-0.15, -0.1) is 0 Å². The van der Waals surface area contributed by atoms with Crippen LogP contribution in [-0.4, -0.2) is 33.7 Å². The zero-order valence-electron chi connectivity index (χ0n) is 11.1. The number of rotatable bonds is 2. The number of nitrogens with zero attached hydrogens (tertiary/aromatic N) is 1. The zero-order chi connectivity index (χ0) is 13.9. The highest BCUT2D eigenvalue weighted by Gasteiger charge is 2.31. The zero-order valence-corrected chi connectivity index (χ0v) is 11.1. The van der Waals surface area contributed by atoms with E-state index >= 15 is 0 Å². The molecule has 0 radical (unpaired) electrons. The first-order valence-corrected chi connectivity index (χ1v) is 5.87. The summed E-state index contributed by atoms with van der Waals surface area (Å²) in [5.41, 5.74) is 0.236. The standard InChI is InChI=1S/C13H19NO4/c1-5-9-6-7-10(11(15)16)14(8-9)12(17)18-13(2,3)4/h6-8,10H,5H2,1-4H3,(H,15,16). The van der Waals surface area contributed by atoms with Crippen molar-refractivity contribution in [3.05, 3.63) is 23.9 Å². The van der Waals surface area contributed by atoms with Crippen LogP contribution in [0.3, 0.4) is 0 Å². The molecule has 1 heterocycles. The van der Waals surface area contributed by atoms with E-state index in [4.69, 9.17) is 9.84 Å². The van der Waals surface area contributed by atoms with Crippen molar-refractivity contribution in [2.45, 2.75) is 45.8 Å². The van der Waals surface area contributed by atoms with Crippen LogP contribution in [0.2, 0.25) is 0 Å². The second-order valence-corrected chi connectivity index (χ2v) is 5.09. The molecule has 0 aromatic carbocycles. The second kappa shape index (κ2) is 5.25. The van der Waals surface area contributed by atoms with Gasteiger partial charge in [-0.25, -0.2) is 9.59 Å². The van der Waals surface area contributed by atoms with Crippen LogP contribution in [0.1, 0.15) is 34.1 Å². The van der Waals surface area contributed by atoms with E-state index in [1.165, 1.54) is 12.3 Å². The van der Waals surface area contributed by atoms with Crippen LogP contribution < -0.4 is 0 Å². The van der Waals surface area contributed by atoms with Gasteiger partial charge >= 0.3 is 12.1 Å². The summed E-state index contributed by atoms with van der Waals surface area (Å²) in [6.07, 6.45) is 4.82. The van der Waals surface area contributed by atoms with Gasteiger partial charge in [-0.3, -0.25) is 4.90 Å². The van der Waals surface area contributed by atoms with Gasteiger partial charge in [0.15, 0.2) is 6.04 Å². The first kappa shape index (κ1) is 14.3. The van der Waals surface area contributed by atoms with Gasteiger partial charge in [0.05, 0.1) is 0 Å². The van der Waals surface area contributed by atoms with Gasteiger partial charge in [0.25, 0.3) is 0 Å². The third kappa shape index (κ3) is 3.61. The molecule has 0 spiro atoms. The fourth-order valence-corrected chi connectivity index (χ4v) is 1.50. The van der Waals surface area contributed by atoms with E-state index in [1.54, 1.807) is 26.8 Å². The average Bonchev–Trinajstić information content (AvgIpc) is 2.25. The fraction of sp³-hybridized carbons (Fsp3) is 0.538. The van der Waals surface area contributed by atoms with Crippen molar-refractivity contribution in [3.63, 3.8) is 0 Å². The van der Waals surface area contributed by atoms with E-state index in [1.807, 2.05) is 6.92 Å². The number of allylic oxidation sites excluding steroid dienone is 2. The Balaban J connectivity index is 2.93. The molecule has 1 aliphatic heterocycles. The van der Waals surface area contributed by atoms with Crippen molar-refractivity contribution in [1.29, 1.82) is 0 Å². The molecule has 0 aromatic heterocycles. The number of ether oxygens (including phenoxy) is 1. The minimum atomic E-state index is -1.08. The van der Waals surface area contributed by atoms with E-state index in [0.29, 0.717) is 0 Å². The number of carboxylic acids is 1. The molecule has 0 aromatic rings. The minimum Gasteiger partial charge on any atom is -0.479 e.